The van der Waals surface area contributed by atoms with Crippen molar-refractivity contribution < 1.29 is 0 Å². The van der Waals surface area contributed by atoms with Gasteiger partial charge in [0.25, 0.3) is 0 Å². The molecule has 62 heavy (non-hydrogen) atoms. The maximum Gasteiger partial charge on any atom is 0.202 e. The first-order valence-corrected chi connectivity index (χ1v) is 20.5. The summed E-state index contributed by atoms with van der Waals surface area (Å²) in [5.41, 5.74) is 13.3. The van der Waals surface area contributed by atoms with E-state index >= 15 is 0 Å². The lowest BCUT2D eigenvalue weighted by Gasteiger charge is -2.26. The van der Waals surface area contributed by atoms with E-state index in [0.29, 0.717) is 11.3 Å². The second-order valence-electron chi connectivity index (χ2n) is 15.4. The van der Waals surface area contributed by atoms with Crippen molar-refractivity contribution in [2.75, 3.05) is 47.8 Å². The minimum absolute atomic E-state index is 0.522. The Labute approximate surface area is 365 Å². The lowest BCUT2D eigenvalue weighted by atomic mass is 9.95. The molecule has 8 rings (SSSR count). The summed E-state index contributed by atoms with van der Waals surface area (Å²) in [6, 6.07) is 64.9. The highest BCUT2D eigenvalue weighted by atomic mass is 15.1. The Morgan fingerprint density at radius 1 is 0.403 bits per heavy atom. The molecule has 6 heteroatoms. The molecular formula is C56H46N6. The van der Waals surface area contributed by atoms with Gasteiger partial charge in [-0.05, 0) is 130 Å². The van der Waals surface area contributed by atoms with Gasteiger partial charge in [0.15, 0.2) is 0 Å². The van der Waals surface area contributed by atoms with Crippen LogP contribution in [0.25, 0.3) is 39.9 Å². The average molecular weight is 803 g/mol. The summed E-state index contributed by atoms with van der Waals surface area (Å²) >= 11 is 0. The number of nitriles is 1. The largest absolute Gasteiger partial charge is 0.378 e. The summed E-state index contributed by atoms with van der Waals surface area (Å²) in [5, 5.41) is 11.9. The molecule has 0 spiro atoms. The van der Waals surface area contributed by atoms with Crippen LogP contribution in [0.2, 0.25) is 0 Å². The van der Waals surface area contributed by atoms with Crippen LogP contribution in [0.1, 0.15) is 27.8 Å². The highest BCUT2D eigenvalue weighted by Gasteiger charge is 2.15. The van der Waals surface area contributed by atoms with Gasteiger partial charge in [0.05, 0.1) is 12.1 Å². The Morgan fingerprint density at radius 2 is 0.758 bits per heavy atom. The maximum absolute atomic E-state index is 10.4. The molecule has 0 aliphatic rings. The molecular weight excluding hydrogens is 757 g/mol. The number of hydrogen-bond acceptors (Lipinski definition) is 5. The molecule has 0 amide bonds. The first kappa shape index (κ1) is 40.5. The van der Waals surface area contributed by atoms with Gasteiger partial charge in [-0.2, -0.15) is 5.26 Å². The van der Waals surface area contributed by atoms with Gasteiger partial charge in [-0.1, -0.05) is 109 Å². The van der Waals surface area contributed by atoms with Gasteiger partial charge in [-0.3, -0.25) is 0 Å². The van der Waals surface area contributed by atoms with Crippen LogP contribution in [0.3, 0.4) is 0 Å². The molecule has 0 heterocycles. The van der Waals surface area contributed by atoms with E-state index in [0.717, 1.165) is 78.5 Å². The van der Waals surface area contributed by atoms with Crippen LogP contribution in [0.4, 0.5) is 51.2 Å². The fraction of sp³-hybridized carbons (Fsp3) is 0.0714. The smallest absolute Gasteiger partial charge is 0.202 e. The van der Waals surface area contributed by atoms with Crippen molar-refractivity contribution in [3.8, 4) is 6.07 Å². The molecule has 0 aliphatic carbocycles. The van der Waals surface area contributed by atoms with Crippen molar-refractivity contribution >= 4 is 86.3 Å². The molecule has 6 nitrogen and oxygen atoms in total. The number of nitrogens with zero attached hydrogens (tertiary/aromatic N) is 6. The number of benzene rings is 8. The summed E-state index contributed by atoms with van der Waals surface area (Å²) < 4.78 is 0. The monoisotopic (exact) mass is 802 g/mol. The Hall–Kier alpha value is -8.32. The van der Waals surface area contributed by atoms with Gasteiger partial charge >= 0.3 is 0 Å². The van der Waals surface area contributed by atoms with Crippen LogP contribution in [-0.2, 0) is 0 Å². The van der Waals surface area contributed by atoms with Gasteiger partial charge in [0.1, 0.15) is 6.07 Å². The summed E-state index contributed by atoms with van der Waals surface area (Å²) in [6.07, 6.45) is 8.03. The van der Waals surface area contributed by atoms with E-state index in [1.165, 1.54) is 0 Å². The Bertz CT molecular complexity index is 2730. The molecule has 300 valence electrons. The van der Waals surface area contributed by atoms with Crippen molar-refractivity contribution in [2.45, 2.75) is 0 Å². The average Bonchev–Trinajstić information content (AvgIpc) is 3.31. The lowest BCUT2D eigenvalue weighted by Crippen LogP contribution is -2.11. The SMILES string of the molecule is [C-]#[N+]c1c(/C=C/c2ccc(N(c3ccccc3)c3ccc(N(C)C)cc3)cc2)ccc2c(C#N)c(/C=C/c3ccc(N(c4ccccc4)c4ccc(N(C)C)cc4)cc3)ccc12. The normalized spacial score (nSPS) is 11.1. The second-order valence-corrected chi connectivity index (χ2v) is 15.4. The van der Waals surface area contributed by atoms with E-state index < -0.39 is 0 Å². The summed E-state index contributed by atoms with van der Waals surface area (Å²) in [6.45, 7) is 8.16. The Balaban J connectivity index is 1.02. The van der Waals surface area contributed by atoms with Crippen molar-refractivity contribution in [2.24, 2.45) is 0 Å². The Morgan fingerprint density at radius 3 is 1.16 bits per heavy atom. The van der Waals surface area contributed by atoms with Crippen LogP contribution >= 0.6 is 0 Å². The standard InChI is InChI=1S/C56H46N6/c1-58-56-44(23-17-42-20-28-50(29-21-42)62(48-14-10-7-11-15-48)52-36-32-46(33-37-52)60(4)5)25-38-53-54(56)39-24-43(55(53)40-57)22-16-41-18-26-49(27-19-41)61(47-12-8-6-9-13-47)51-34-30-45(31-35-51)59(2)3/h6-39H,2-5H3/b22-16+,23-17+. The molecule has 0 aliphatic heterocycles. The molecule has 0 fully saturated rings. The summed E-state index contributed by atoms with van der Waals surface area (Å²) in [4.78, 5) is 12.6. The first-order valence-electron chi connectivity index (χ1n) is 20.5. The van der Waals surface area contributed by atoms with E-state index in [1.54, 1.807) is 0 Å². The molecule has 8 aromatic rings. The summed E-state index contributed by atoms with van der Waals surface area (Å²) in [5.74, 6) is 0. The third kappa shape index (κ3) is 8.68. The zero-order chi connectivity index (χ0) is 43.0. The molecule has 0 unspecified atom stereocenters. The van der Waals surface area contributed by atoms with Crippen molar-refractivity contribution in [3.05, 3.63) is 221 Å². The molecule has 0 aromatic heterocycles. The van der Waals surface area contributed by atoms with E-state index in [4.69, 9.17) is 6.57 Å². The predicted octanol–water partition coefficient (Wildman–Crippen LogP) is 14.7. The molecule has 0 bridgehead atoms. The minimum Gasteiger partial charge on any atom is -0.378 e. The third-order valence-corrected chi connectivity index (χ3v) is 11.0. The van der Waals surface area contributed by atoms with E-state index in [-0.39, 0.29) is 0 Å². The minimum atomic E-state index is 0.522. The number of rotatable bonds is 12. The number of para-hydroxylation sites is 2. The van der Waals surface area contributed by atoms with Gasteiger partial charge in [0, 0.05) is 73.7 Å². The van der Waals surface area contributed by atoms with Crippen molar-refractivity contribution in [1.82, 2.24) is 0 Å². The highest BCUT2D eigenvalue weighted by molar-refractivity contribution is 6.03. The van der Waals surface area contributed by atoms with Crippen LogP contribution in [0.15, 0.2) is 182 Å². The molecule has 0 saturated heterocycles. The first-order chi connectivity index (χ1) is 30.3. The molecule has 0 N–H and O–H groups in total. The number of fused-ring (bicyclic) bond motifs is 1. The van der Waals surface area contributed by atoms with Gasteiger partial charge < -0.3 is 19.6 Å². The predicted molar refractivity (Wildman–Crippen MR) is 264 cm³/mol. The third-order valence-electron chi connectivity index (χ3n) is 11.0. The topological polar surface area (TPSA) is 41.1 Å². The van der Waals surface area contributed by atoms with E-state index in [9.17, 15) is 5.26 Å². The fourth-order valence-electron chi connectivity index (χ4n) is 7.64. The van der Waals surface area contributed by atoms with Crippen molar-refractivity contribution in [1.29, 1.82) is 5.26 Å². The van der Waals surface area contributed by atoms with Crippen LogP contribution < -0.4 is 19.6 Å². The highest BCUT2D eigenvalue weighted by Crippen LogP contribution is 2.38. The maximum atomic E-state index is 10.4. The molecule has 0 radical (unpaired) electrons. The van der Waals surface area contributed by atoms with Crippen molar-refractivity contribution in [3.63, 3.8) is 0 Å². The summed E-state index contributed by atoms with van der Waals surface area (Å²) in [7, 11) is 8.17. The van der Waals surface area contributed by atoms with Crippen LogP contribution in [0.5, 0.6) is 0 Å². The van der Waals surface area contributed by atoms with Gasteiger partial charge in [0.2, 0.25) is 5.69 Å². The number of anilines is 8. The Kier molecular flexibility index (Phi) is 11.9. The molecule has 0 atom stereocenters. The lowest BCUT2D eigenvalue weighted by molar-refractivity contribution is 1.13. The van der Waals surface area contributed by atoms with Gasteiger partial charge in [-0.15, -0.1) is 0 Å². The zero-order valence-electron chi connectivity index (χ0n) is 35.3. The van der Waals surface area contributed by atoms with Crippen LogP contribution in [-0.4, -0.2) is 28.2 Å². The quantitative estimate of drug-likeness (QED) is 0.0909. The van der Waals surface area contributed by atoms with E-state index in [2.05, 4.69) is 176 Å². The second kappa shape index (κ2) is 18.3. The molecule has 0 saturated carbocycles. The zero-order valence-corrected chi connectivity index (χ0v) is 35.3. The molecule has 8 aromatic carbocycles. The van der Waals surface area contributed by atoms with Gasteiger partial charge in [-0.25, -0.2) is 4.85 Å². The number of hydrogen-bond donors (Lipinski definition) is 0. The fourth-order valence-corrected chi connectivity index (χ4v) is 7.64. The van der Waals surface area contributed by atoms with Crippen LogP contribution in [0, 0.1) is 17.9 Å². The van der Waals surface area contributed by atoms with E-state index in [1.807, 2.05) is 88.9 Å².